The minimum Gasteiger partial charge on any atom is -0.309 e. The van der Waals surface area contributed by atoms with Crippen molar-refractivity contribution in [2.75, 3.05) is 0 Å². The van der Waals surface area contributed by atoms with Gasteiger partial charge in [0, 0.05) is 49.4 Å². The maximum absolute atomic E-state index is 5.28. The average molecular weight is 842 g/mol. The topological polar surface area (TPSA) is 48.5 Å². The fourth-order valence-corrected chi connectivity index (χ4v) is 9.90. The molecular weight excluding hydrogens is 803 g/mol. The standard InChI is InChI=1S/C61H39N5/c1-3-17-40(18-4-1)48-36-35-46(39-58(48)66-56-29-15-10-24-51(56)52-25-11-16-30-57(52)66)61-63-59(41-19-5-2-6-20-41)62-60(64-61)45-34-32-42-37-44(33-31-43(42)38-45)47-21-7-12-26-53(47)65-54-27-13-8-22-49(54)50-23-9-14-28-55(50)65/h1-39H. The molecule has 0 amide bonds. The molecular formula is C61H39N5. The van der Waals surface area contributed by atoms with Gasteiger partial charge in [0.2, 0.25) is 0 Å². The third-order valence-corrected chi connectivity index (χ3v) is 13.0. The summed E-state index contributed by atoms with van der Waals surface area (Å²) in [6, 6.07) is 84.0. The van der Waals surface area contributed by atoms with Gasteiger partial charge in [0.25, 0.3) is 0 Å². The highest BCUT2D eigenvalue weighted by molar-refractivity contribution is 6.11. The molecule has 0 bridgehead atoms. The van der Waals surface area contributed by atoms with Gasteiger partial charge in [-0.1, -0.05) is 188 Å². The third-order valence-electron chi connectivity index (χ3n) is 13.0. The van der Waals surface area contributed by atoms with Crippen LogP contribution in [0.3, 0.4) is 0 Å². The van der Waals surface area contributed by atoms with Gasteiger partial charge in [-0.05, 0) is 70.4 Å². The summed E-state index contributed by atoms with van der Waals surface area (Å²) in [4.78, 5) is 15.6. The van der Waals surface area contributed by atoms with E-state index >= 15 is 0 Å². The summed E-state index contributed by atoms with van der Waals surface area (Å²) in [5.41, 5.74) is 14.2. The number of nitrogens with zero attached hydrogens (tertiary/aromatic N) is 5. The molecule has 0 saturated heterocycles. The van der Waals surface area contributed by atoms with Crippen LogP contribution in [0.1, 0.15) is 0 Å². The SMILES string of the molecule is c1ccc(-c2nc(-c3ccc(-c4ccccc4)c(-n4c5ccccc5c5ccccc54)c3)nc(-c3ccc4cc(-c5ccccc5-n5c6ccccc6c6ccccc65)ccc4c3)n2)cc1. The number of aromatic nitrogens is 5. The van der Waals surface area contributed by atoms with E-state index in [2.05, 4.69) is 228 Å². The Morgan fingerprint density at radius 2 is 0.621 bits per heavy atom. The van der Waals surface area contributed by atoms with Crippen LogP contribution in [0.5, 0.6) is 0 Å². The van der Waals surface area contributed by atoms with Crippen LogP contribution in [0.4, 0.5) is 0 Å². The summed E-state index contributed by atoms with van der Waals surface area (Å²) in [6.07, 6.45) is 0. The number of hydrogen-bond donors (Lipinski definition) is 0. The van der Waals surface area contributed by atoms with Crippen molar-refractivity contribution in [3.8, 4) is 67.8 Å². The summed E-state index contributed by atoms with van der Waals surface area (Å²) in [6.45, 7) is 0. The van der Waals surface area contributed by atoms with Gasteiger partial charge >= 0.3 is 0 Å². The molecule has 0 fully saturated rings. The zero-order valence-electron chi connectivity index (χ0n) is 35.8. The van der Waals surface area contributed by atoms with E-state index in [4.69, 9.17) is 15.0 Å². The van der Waals surface area contributed by atoms with Crippen LogP contribution in [-0.2, 0) is 0 Å². The number of benzene rings is 10. The molecule has 13 rings (SSSR count). The largest absolute Gasteiger partial charge is 0.309 e. The smallest absolute Gasteiger partial charge is 0.164 e. The molecule has 3 heterocycles. The summed E-state index contributed by atoms with van der Waals surface area (Å²) in [5.74, 6) is 1.85. The zero-order chi connectivity index (χ0) is 43.6. The van der Waals surface area contributed by atoms with Gasteiger partial charge in [-0.25, -0.2) is 15.0 Å². The summed E-state index contributed by atoms with van der Waals surface area (Å²) >= 11 is 0. The lowest BCUT2D eigenvalue weighted by atomic mass is 9.98. The second-order valence-electron chi connectivity index (χ2n) is 16.8. The van der Waals surface area contributed by atoms with Crippen molar-refractivity contribution in [1.29, 1.82) is 0 Å². The molecule has 308 valence electrons. The maximum atomic E-state index is 5.28. The van der Waals surface area contributed by atoms with Gasteiger partial charge in [-0.15, -0.1) is 0 Å². The van der Waals surface area contributed by atoms with E-state index < -0.39 is 0 Å². The van der Waals surface area contributed by atoms with Crippen LogP contribution < -0.4 is 0 Å². The Morgan fingerprint density at radius 1 is 0.242 bits per heavy atom. The molecule has 0 spiro atoms. The van der Waals surface area contributed by atoms with E-state index in [1.165, 1.54) is 38.1 Å². The Balaban J connectivity index is 0.949. The maximum Gasteiger partial charge on any atom is 0.164 e. The minimum atomic E-state index is 0.609. The first-order chi connectivity index (χ1) is 32.7. The molecule has 3 aromatic heterocycles. The normalized spacial score (nSPS) is 11.6. The van der Waals surface area contributed by atoms with Crippen LogP contribution >= 0.6 is 0 Å². The van der Waals surface area contributed by atoms with Gasteiger partial charge in [0.1, 0.15) is 0 Å². The first-order valence-electron chi connectivity index (χ1n) is 22.4. The lowest BCUT2D eigenvalue weighted by molar-refractivity contribution is 1.07. The van der Waals surface area contributed by atoms with Gasteiger partial charge in [-0.3, -0.25) is 0 Å². The van der Waals surface area contributed by atoms with E-state index in [1.54, 1.807) is 0 Å². The molecule has 0 radical (unpaired) electrons. The van der Waals surface area contributed by atoms with Crippen molar-refractivity contribution in [3.63, 3.8) is 0 Å². The number of fused-ring (bicyclic) bond motifs is 7. The lowest BCUT2D eigenvalue weighted by Crippen LogP contribution is -2.02. The van der Waals surface area contributed by atoms with Gasteiger partial charge in [-0.2, -0.15) is 0 Å². The van der Waals surface area contributed by atoms with E-state index in [9.17, 15) is 0 Å². The van der Waals surface area contributed by atoms with Crippen LogP contribution in [-0.4, -0.2) is 24.1 Å². The van der Waals surface area contributed by atoms with Crippen LogP contribution in [0.25, 0.3) is 122 Å². The molecule has 0 N–H and O–H groups in total. The molecule has 0 atom stereocenters. The van der Waals surface area contributed by atoms with Crippen molar-refractivity contribution in [2.24, 2.45) is 0 Å². The molecule has 0 aliphatic carbocycles. The molecule has 0 aliphatic heterocycles. The van der Waals surface area contributed by atoms with Gasteiger partial charge in [0.05, 0.1) is 33.4 Å². The first-order valence-corrected chi connectivity index (χ1v) is 22.4. The van der Waals surface area contributed by atoms with E-state index in [1.807, 2.05) is 18.2 Å². The number of rotatable bonds is 7. The van der Waals surface area contributed by atoms with Crippen molar-refractivity contribution >= 4 is 54.4 Å². The molecule has 13 aromatic rings. The summed E-state index contributed by atoms with van der Waals surface area (Å²) in [5, 5.41) is 7.16. The zero-order valence-corrected chi connectivity index (χ0v) is 35.8. The highest BCUT2D eigenvalue weighted by Crippen LogP contribution is 2.40. The van der Waals surface area contributed by atoms with Crippen molar-refractivity contribution in [2.45, 2.75) is 0 Å². The van der Waals surface area contributed by atoms with E-state index in [-0.39, 0.29) is 0 Å². The summed E-state index contributed by atoms with van der Waals surface area (Å²) in [7, 11) is 0. The third kappa shape index (κ3) is 6.21. The molecule has 10 aromatic carbocycles. The summed E-state index contributed by atoms with van der Waals surface area (Å²) < 4.78 is 4.78. The predicted octanol–water partition coefficient (Wildman–Crippen LogP) is 15.6. The Morgan fingerprint density at radius 3 is 1.18 bits per heavy atom. The molecule has 0 aliphatic rings. The number of hydrogen-bond acceptors (Lipinski definition) is 3. The van der Waals surface area contributed by atoms with Crippen LogP contribution in [0, 0.1) is 0 Å². The monoisotopic (exact) mass is 841 g/mol. The lowest BCUT2D eigenvalue weighted by Gasteiger charge is -2.16. The molecule has 66 heavy (non-hydrogen) atoms. The van der Waals surface area contributed by atoms with Crippen molar-refractivity contribution < 1.29 is 0 Å². The van der Waals surface area contributed by atoms with Gasteiger partial charge < -0.3 is 9.13 Å². The highest BCUT2D eigenvalue weighted by atomic mass is 15.0. The highest BCUT2D eigenvalue weighted by Gasteiger charge is 2.20. The van der Waals surface area contributed by atoms with Crippen molar-refractivity contribution in [1.82, 2.24) is 24.1 Å². The second-order valence-corrected chi connectivity index (χ2v) is 16.8. The Bertz CT molecular complexity index is 3890. The Hall–Kier alpha value is -8.93. The quantitative estimate of drug-likeness (QED) is 0.161. The molecule has 5 heteroatoms. The van der Waals surface area contributed by atoms with Crippen LogP contribution in [0.2, 0.25) is 0 Å². The predicted molar refractivity (Wildman–Crippen MR) is 273 cm³/mol. The fourth-order valence-electron chi connectivity index (χ4n) is 9.90. The molecule has 0 unspecified atom stereocenters. The average Bonchev–Trinajstić information content (AvgIpc) is 3.91. The second kappa shape index (κ2) is 15.4. The van der Waals surface area contributed by atoms with E-state index in [0.29, 0.717) is 17.5 Å². The van der Waals surface area contributed by atoms with E-state index in [0.717, 1.165) is 66.6 Å². The Kier molecular flexibility index (Phi) is 8.78. The van der Waals surface area contributed by atoms with Crippen molar-refractivity contribution in [3.05, 3.63) is 237 Å². The Labute approximate surface area is 381 Å². The van der Waals surface area contributed by atoms with Gasteiger partial charge in [0.15, 0.2) is 17.5 Å². The fraction of sp³-hybridized carbons (Fsp3) is 0. The first kappa shape index (κ1) is 37.6. The molecule has 5 nitrogen and oxygen atoms in total. The van der Waals surface area contributed by atoms with Crippen LogP contribution in [0.15, 0.2) is 237 Å². The minimum absolute atomic E-state index is 0.609. The molecule has 0 saturated carbocycles. The number of para-hydroxylation sites is 5.